The maximum Gasteiger partial charge on any atom is 0.267 e. The fraction of sp³-hybridized carbons (Fsp3) is 0.105. The second kappa shape index (κ2) is 7.75. The lowest BCUT2D eigenvalue weighted by Gasteiger charge is -2.08. The third kappa shape index (κ3) is 4.20. The van der Waals surface area contributed by atoms with Gasteiger partial charge in [0.25, 0.3) is 5.91 Å². The Balaban J connectivity index is 1.52. The molecule has 1 N–H and O–H groups in total. The minimum Gasteiger partial charge on any atom is -0.497 e. The number of nitrogens with one attached hydrogen (secondary N) is 1. The Morgan fingerprint density at radius 3 is 2.62 bits per heavy atom. The maximum atomic E-state index is 11.9. The largest absolute Gasteiger partial charge is 0.497 e. The Morgan fingerprint density at radius 1 is 0.958 bits per heavy atom. The van der Waals surface area contributed by atoms with Gasteiger partial charge in [-0.15, -0.1) is 0 Å². The first-order valence-electron chi connectivity index (χ1n) is 7.46. The fourth-order valence-corrected chi connectivity index (χ4v) is 2.83. The van der Waals surface area contributed by atoms with Crippen molar-refractivity contribution in [2.24, 2.45) is 0 Å². The minimum atomic E-state index is -0.198. The van der Waals surface area contributed by atoms with E-state index in [1.165, 1.54) is 11.9 Å². The van der Waals surface area contributed by atoms with E-state index in [1.54, 1.807) is 7.11 Å². The summed E-state index contributed by atoms with van der Waals surface area (Å²) in [6.07, 6.45) is 0. The van der Waals surface area contributed by atoms with Gasteiger partial charge in [0.1, 0.15) is 11.5 Å². The third-order valence-corrected chi connectivity index (χ3v) is 4.23. The molecule has 0 aliphatic carbocycles. The Hall–Kier alpha value is -2.66. The lowest BCUT2D eigenvalue weighted by atomic mass is 10.1. The number of hydrogen-bond donors (Lipinski definition) is 1. The number of benzene rings is 3. The van der Waals surface area contributed by atoms with E-state index in [0.29, 0.717) is 5.75 Å². The molecule has 4 nitrogen and oxygen atoms in total. The van der Waals surface area contributed by atoms with Crippen molar-refractivity contribution in [1.29, 1.82) is 0 Å². The molecule has 1 amide bonds. The highest BCUT2D eigenvalue weighted by Crippen LogP contribution is 2.21. The van der Waals surface area contributed by atoms with Gasteiger partial charge in [0.05, 0.1) is 7.11 Å². The quantitative estimate of drug-likeness (QED) is 0.688. The highest BCUT2D eigenvalue weighted by molar-refractivity contribution is 7.98. The van der Waals surface area contributed by atoms with Crippen molar-refractivity contribution >= 4 is 28.6 Å². The molecule has 122 valence electrons. The number of fused-ring (bicyclic) bond motifs is 1. The molecule has 3 rings (SSSR count). The van der Waals surface area contributed by atoms with Crippen LogP contribution >= 0.6 is 11.9 Å². The average Bonchev–Trinajstić information content (AvgIpc) is 2.64. The summed E-state index contributed by atoms with van der Waals surface area (Å²) in [4.78, 5) is 12.8. The molecule has 3 aromatic carbocycles. The second-order valence-electron chi connectivity index (χ2n) is 5.10. The number of methoxy groups -OCH3 is 1. The molecule has 0 spiro atoms. The predicted molar refractivity (Wildman–Crippen MR) is 96.4 cm³/mol. The van der Waals surface area contributed by atoms with Crippen LogP contribution in [-0.4, -0.2) is 19.6 Å². The van der Waals surface area contributed by atoms with E-state index in [2.05, 4.69) is 4.72 Å². The molecule has 0 aromatic heterocycles. The summed E-state index contributed by atoms with van der Waals surface area (Å²) < 4.78 is 13.5. The van der Waals surface area contributed by atoms with E-state index in [9.17, 15) is 4.79 Å². The van der Waals surface area contributed by atoms with Crippen LogP contribution < -0.4 is 14.2 Å². The Morgan fingerprint density at radius 2 is 1.79 bits per heavy atom. The molecule has 0 heterocycles. The van der Waals surface area contributed by atoms with Crippen molar-refractivity contribution < 1.29 is 14.3 Å². The van der Waals surface area contributed by atoms with Crippen LogP contribution in [0.2, 0.25) is 0 Å². The highest BCUT2D eigenvalue weighted by atomic mass is 32.2. The van der Waals surface area contributed by atoms with Gasteiger partial charge in [-0.25, -0.2) is 0 Å². The van der Waals surface area contributed by atoms with Crippen molar-refractivity contribution in [3.05, 3.63) is 66.7 Å². The molecule has 0 saturated carbocycles. The van der Waals surface area contributed by atoms with Crippen LogP contribution in [0.15, 0.2) is 71.6 Å². The van der Waals surface area contributed by atoms with Crippen LogP contribution in [0.1, 0.15) is 0 Å². The Bertz CT molecular complexity index is 851. The summed E-state index contributed by atoms with van der Waals surface area (Å²) in [5, 5.41) is 2.23. The first kappa shape index (κ1) is 16.2. The lowest BCUT2D eigenvalue weighted by molar-refractivity contribution is -0.121. The zero-order valence-electron chi connectivity index (χ0n) is 13.2. The number of amides is 1. The van der Waals surface area contributed by atoms with E-state index in [-0.39, 0.29) is 12.5 Å². The molecule has 0 saturated heterocycles. The molecular weight excluding hydrogens is 322 g/mol. The number of carbonyl (C=O) groups is 1. The zero-order chi connectivity index (χ0) is 16.8. The molecule has 0 bridgehead atoms. The van der Waals surface area contributed by atoms with Crippen molar-refractivity contribution in [2.75, 3.05) is 13.7 Å². The van der Waals surface area contributed by atoms with Crippen LogP contribution in [0, 0.1) is 0 Å². The molecule has 24 heavy (non-hydrogen) atoms. The van der Waals surface area contributed by atoms with Crippen molar-refractivity contribution in [3.8, 4) is 11.5 Å². The summed E-state index contributed by atoms with van der Waals surface area (Å²) in [6, 6.07) is 21.3. The maximum absolute atomic E-state index is 11.9. The van der Waals surface area contributed by atoms with Crippen molar-refractivity contribution in [2.45, 2.75) is 4.90 Å². The average molecular weight is 339 g/mol. The molecule has 0 aliphatic heterocycles. The molecule has 5 heteroatoms. The zero-order valence-corrected chi connectivity index (χ0v) is 14.0. The van der Waals surface area contributed by atoms with Crippen molar-refractivity contribution in [3.63, 3.8) is 0 Å². The van der Waals surface area contributed by atoms with E-state index in [4.69, 9.17) is 9.47 Å². The Labute approximate surface area is 144 Å². The Kier molecular flexibility index (Phi) is 5.23. The number of ether oxygens (including phenoxy) is 2. The number of carbonyl (C=O) groups excluding carboxylic acids is 1. The first-order valence-corrected chi connectivity index (χ1v) is 8.27. The SMILES string of the molecule is COc1cccc(SNC(=O)COc2ccc3ccccc3c2)c1. The summed E-state index contributed by atoms with van der Waals surface area (Å²) in [5.74, 6) is 1.23. The van der Waals surface area contributed by atoms with Crippen LogP contribution in [-0.2, 0) is 4.79 Å². The topological polar surface area (TPSA) is 47.6 Å². The smallest absolute Gasteiger partial charge is 0.267 e. The monoisotopic (exact) mass is 339 g/mol. The first-order chi connectivity index (χ1) is 11.7. The fourth-order valence-electron chi connectivity index (χ4n) is 2.22. The van der Waals surface area contributed by atoms with Gasteiger partial charge in [0.15, 0.2) is 6.61 Å². The number of hydrogen-bond acceptors (Lipinski definition) is 4. The predicted octanol–water partition coefficient (Wildman–Crippen LogP) is 4.05. The highest BCUT2D eigenvalue weighted by Gasteiger charge is 2.05. The standard InChI is InChI=1S/C19H17NO3S/c1-22-16-7-4-8-18(12-16)24-20-19(21)13-23-17-10-9-14-5-2-3-6-15(14)11-17/h2-12H,13H2,1H3,(H,20,21). The number of rotatable bonds is 6. The summed E-state index contributed by atoms with van der Waals surface area (Å²) >= 11 is 1.24. The molecular formula is C19H17NO3S. The van der Waals surface area contributed by atoms with E-state index in [0.717, 1.165) is 21.4 Å². The van der Waals surface area contributed by atoms with Gasteiger partial charge in [0, 0.05) is 4.90 Å². The van der Waals surface area contributed by atoms with Gasteiger partial charge in [0.2, 0.25) is 0 Å². The van der Waals surface area contributed by atoms with E-state index in [1.807, 2.05) is 66.7 Å². The molecule has 3 aromatic rings. The van der Waals surface area contributed by atoms with Crippen molar-refractivity contribution in [1.82, 2.24) is 4.72 Å². The molecule has 0 fully saturated rings. The van der Waals surface area contributed by atoms with Gasteiger partial charge >= 0.3 is 0 Å². The van der Waals surface area contributed by atoms with Crippen LogP contribution in [0.4, 0.5) is 0 Å². The molecule has 0 radical (unpaired) electrons. The van der Waals surface area contributed by atoms with Gasteiger partial charge in [-0.3, -0.25) is 9.52 Å². The van der Waals surface area contributed by atoms with E-state index < -0.39 is 0 Å². The van der Waals surface area contributed by atoms with Gasteiger partial charge in [-0.2, -0.15) is 0 Å². The molecule has 0 aliphatic rings. The van der Waals surface area contributed by atoms with Gasteiger partial charge in [-0.05, 0) is 53.1 Å². The van der Waals surface area contributed by atoms with Crippen LogP contribution in [0.5, 0.6) is 11.5 Å². The summed E-state index contributed by atoms with van der Waals surface area (Å²) in [6.45, 7) is -0.0324. The molecule has 0 atom stereocenters. The lowest BCUT2D eigenvalue weighted by Crippen LogP contribution is -2.23. The van der Waals surface area contributed by atoms with E-state index >= 15 is 0 Å². The molecule has 0 unspecified atom stereocenters. The van der Waals surface area contributed by atoms with Gasteiger partial charge in [-0.1, -0.05) is 36.4 Å². The van der Waals surface area contributed by atoms with Gasteiger partial charge < -0.3 is 9.47 Å². The third-order valence-electron chi connectivity index (χ3n) is 3.41. The normalized spacial score (nSPS) is 10.4. The summed E-state index contributed by atoms with van der Waals surface area (Å²) in [7, 11) is 1.61. The second-order valence-corrected chi connectivity index (χ2v) is 5.98. The van der Waals surface area contributed by atoms with Crippen LogP contribution in [0.3, 0.4) is 0 Å². The summed E-state index contributed by atoms with van der Waals surface area (Å²) in [5.41, 5.74) is 0. The van der Waals surface area contributed by atoms with Crippen LogP contribution in [0.25, 0.3) is 10.8 Å². The minimum absolute atomic E-state index is 0.0324.